The van der Waals surface area contributed by atoms with Crippen LogP contribution in [0.2, 0.25) is 0 Å². The van der Waals surface area contributed by atoms with E-state index in [4.69, 9.17) is 0 Å². The fourth-order valence-corrected chi connectivity index (χ4v) is 4.79. The number of anilines is 2. The first-order valence-electron chi connectivity index (χ1n) is 7.96. The fraction of sp³-hybridized carbons (Fsp3) is 0.353. The van der Waals surface area contributed by atoms with Gasteiger partial charge in [0.05, 0.1) is 17.3 Å². The van der Waals surface area contributed by atoms with Crippen LogP contribution in [0.1, 0.15) is 23.4 Å². The molecule has 0 bridgehead atoms. The van der Waals surface area contributed by atoms with Gasteiger partial charge in [0.1, 0.15) is 0 Å². The second kappa shape index (κ2) is 6.29. The zero-order valence-corrected chi connectivity index (χ0v) is 15.3. The Labute approximate surface area is 152 Å². The molecule has 1 aromatic heterocycles. The number of rotatable bonds is 3. The monoisotopic (exact) mass is 405 g/mol. The molecule has 2 amide bonds. The first-order valence-corrected chi connectivity index (χ1v) is 9.57. The Morgan fingerprint density at radius 3 is 2.96 bits per heavy atom. The van der Waals surface area contributed by atoms with Crippen LogP contribution in [0.5, 0.6) is 0 Å². The van der Waals surface area contributed by atoms with Crippen LogP contribution in [-0.4, -0.2) is 23.3 Å². The summed E-state index contributed by atoms with van der Waals surface area (Å²) in [6, 6.07) is 7.57. The first-order chi connectivity index (χ1) is 11.6. The number of nitrogens with zero attached hydrogens (tertiary/aromatic N) is 2. The molecule has 2 aliphatic rings. The van der Waals surface area contributed by atoms with Gasteiger partial charge in [0.15, 0.2) is 5.13 Å². The van der Waals surface area contributed by atoms with E-state index in [2.05, 4.69) is 26.2 Å². The van der Waals surface area contributed by atoms with E-state index in [1.165, 1.54) is 4.88 Å². The molecular formula is C17H16BrN3O2S. The Hall–Kier alpha value is -1.73. The summed E-state index contributed by atoms with van der Waals surface area (Å²) in [5.41, 5.74) is 1.93. The molecule has 1 aliphatic carbocycles. The van der Waals surface area contributed by atoms with E-state index in [0.29, 0.717) is 11.7 Å². The third-order valence-corrected chi connectivity index (χ3v) is 6.21. The number of fused-ring (bicyclic) bond motifs is 1. The maximum Gasteiger partial charge on any atom is 0.231 e. The highest BCUT2D eigenvalue weighted by molar-refractivity contribution is 9.10. The van der Waals surface area contributed by atoms with Crippen LogP contribution in [0.3, 0.4) is 0 Å². The lowest BCUT2D eigenvalue weighted by Crippen LogP contribution is -2.28. The van der Waals surface area contributed by atoms with Crippen molar-refractivity contribution in [1.29, 1.82) is 0 Å². The van der Waals surface area contributed by atoms with Gasteiger partial charge >= 0.3 is 0 Å². The number of nitrogens with one attached hydrogen (secondary N) is 1. The van der Waals surface area contributed by atoms with Crippen LogP contribution in [0.25, 0.3) is 0 Å². The topological polar surface area (TPSA) is 62.3 Å². The molecule has 1 aliphatic heterocycles. The molecule has 124 valence electrons. The van der Waals surface area contributed by atoms with Gasteiger partial charge in [-0.3, -0.25) is 9.59 Å². The number of amides is 2. The standard InChI is InChI=1S/C17H16BrN3O2S/c18-11-4-1-2-6-13(11)21-9-10(8-15(21)22)16(23)20-17-19-12-5-3-7-14(12)24-17/h1-2,4,6,10H,3,5,7-9H2,(H,19,20,23)/t10-/m0/s1. The Morgan fingerprint density at radius 2 is 2.17 bits per heavy atom. The Morgan fingerprint density at radius 1 is 1.33 bits per heavy atom. The summed E-state index contributed by atoms with van der Waals surface area (Å²) in [5.74, 6) is -0.489. The number of aromatic nitrogens is 1. The van der Waals surface area contributed by atoms with Crippen molar-refractivity contribution in [3.05, 3.63) is 39.3 Å². The highest BCUT2D eigenvalue weighted by atomic mass is 79.9. The highest BCUT2D eigenvalue weighted by Gasteiger charge is 2.36. The van der Waals surface area contributed by atoms with Crippen molar-refractivity contribution in [2.45, 2.75) is 25.7 Å². The van der Waals surface area contributed by atoms with Crippen LogP contribution in [0, 0.1) is 5.92 Å². The molecule has 0 saturated carbocycles. The summed E-state index contributed by atoms with van der Waals surface area (Å²) in [5, 5.41) is 3.56. The van der Waals surface area contributed by atoms with Crippen LogP contribution >= 0.6 is 27.3 Å². The maximum atomic E-state index is 12.5. The van der Waals surface area contributed by atoms with Gasteiger partial charge < -0.3 is 10.2 Å². The van der Waals surface area contributed by atoms with Gasteiger partial charge in [0.25, 0.3) is 0 Å². The number of hydrogen-bond donors (Lipinski definition) is 1. The maximum absolute atomic E-state index is 12.5. The lowest BCUT2D eigenvalue weighted by Gasteiger charge is -2.18. The van der Waals surface area contributed by atoms with E-state index < -0.39 is 0 Å². The number of aryl methyl sites for hydroxylation is 2. The van der Waals surface area contributed by atoms with E-state index in [1.807, 2.05) is 24.3 Å². The van der Waals surface area contributed by atoms with E-state index in [9.17, 15) is 9.59 Å². The molecule has 0 unspecified atom stereocenters. The lowest BCUT2D eigenvalue weighted by molar-refractivity contribution is -0.122. The average Bonchev–Trinajstić information content (AvgIpc) is 3.22. The number of benzene rings is 1. The molecule has 1 fully saturated rings. The number of para-hydroxylation sites is 1. The second-order valence-electron chi connectivity index (χ2n) is 6.09. The molecule has 1 saturated heterocycles. The molecule has 0 radical (unpaired) electrons. The predicted molar refractivity (Wildman–Crippen MR) is 97.4 cm³/mol. The SMILES string of the molecule is O=C(Nc1nc2c(s1)CCC2)[C@H]1CC(=O)N(c2ccccc2Br)C1. The average molecular weight is 406 g/mol. The molecule has 2 heterocycles. The minimum absolute atomic E-state index is 0.0244. The van der Waals surface area contributed by atoms with Gasteiger partial charge in [-0.1, -0.05) is 12.1 Å². The summed E-state index contributed by atoms with van der Waals surface area (Å²) >= 11 is 5.03. The molecule has 2 aromatic rings. The number of carbonyl (C=O) groups excluding carboxylic acids is 2. The largest absolute Gasteiger partial charge is 0.310 e. The quantitative estimate of drug-likeness (QED) is 0.850. The summed E-state index contributed by atoms with van der Waals surface area (Å²) in [6.07, 6.45) is 3.44. The van der Waals surface area contributed by atoms with Gasteiger partial charge in [0, 0.05) is 22.3 Å². The zero-order chi connectivity index (χ0) is 16.7. The van der Waals surface area contributed by atoms with Crippen molar-refractivity contribution in [2.75, 3.05) is 16.8 Å². The van der Waals surface area contributed by atoms with E-state index in [-0.39, 0.29) is 24.2 Å². The first kappa shape index (κ1) is 15.8. The number of carbonyl (C=O) groups is 2. The van der Waals surface area contributed by atoms with Crippen molar-refractivity contribution in [3.63, 3.8) is 0 Å². The van der Waals surface area contributed by atoms with Crippen LogP contribution in [0.15, 0.2) is 28.7 Å². The molecule has 1 atom stereocenters. The molecule has 5 nitrogen and oxygen atoms in total. The zero-order valence-electron chi connectivity index (χ0n) is 12.9. The molecule has 1 aromatic carbocycles. The van der Waals surface area contributed by atoms with Crippen molar-refractivity contribution in [3.8, 4) is 0 Å². The van der Waals surface area contributed by atoms with Gasteiger partial charge in [0.2, 0.25) is 11.8 Å². The van der Waals surface area contributed by atoms with Gasteiger partial charge in [-0.05, 0) is 47.3 Å². The van der Waals surface area contributed by atoms with Crippen LogP contribution in [0.4, 0.5) is 10.8 Å². The van der Waals surface area contributed by atoms with Crippen molar-refractivity contribution >= 4 is 49.9 Å². The summed E-state index contributed by atoms with van der Waals surface area (Å²) in [6.45, 7) is 0.401. The molecular weight excluding hydrogens is 390 g/mol. The summed E-state index contributed by atoms with van der Waals surface area (Å²) in [7, 11) is 0. The Balaban J connectivity index is 1.46. The second-order valence-corrected chi connectivity index (χ2v) is 8.03. The molecule has 4 rings (SSSR count). The van der Waals surface area contributed by atoms with Crippen LogP contribution in [-0.2, 0) is 22.4 Å². The smallest absolute Gasteiger partial charge is 0.231 e. The number of hydrogen-bond acceptors (Lipinski definition) is 4. The summed E-state index contributed by atoms with van der Waals surface area (Å²) < 4.78 is 0.857. The molecule has 24 heavy (non-hydrogen) atoms. The van der Waals surface area contributed by atoms with E-state index in [1.54, 1.807) is 16.2 Å². The normalized spacial score (nSPS) is 19.6. The van der Waals surface area contributed by atoms with E-state index in [0.717, 1.165) is 35.1 Å². The number of halogens is 1. The fourth-order valence-electron chi connectivity index (χ4n) is 3.24. The van der Waals surface area contributed by atoms with Gasteiger partial charge in [-0.2, -0.15) is 0 Å². The van der Waals surface area contributed by atoms with Crippen molar-refractivity contribution in [1.82, 2.24) is 4.98 Å². The van der Waals surface area contributed by atoms with Crippen LogP contribution < -0.4 is 10.2 Å². The predicted octanol–water partition coefficient (Wildman–Crippen LogP) is 3.39. The van der Waals surface area contributed by atoms with Crippen molar-refractivity contribution in [2.24, 2.45) is 5.92 Å². The third-order valence-electron chi connectivity index (χ3n) is 4.46. The molecule has 1 N–H and O–H groups in total. The lowest BCUT2D eigenvalue weighted by atomic mass is 10.1. The van der Waals surface area contributed by atoms with E-state index >= 15 is 0 Å². The Kier molecular flexibility index (Phi) is 4.14. The summed E-state index contributed by atoms with van der Waals surface area (Å²) in [4.78, 5) is 32.3. The molecule has 0 spiro atoms. The van der Waals surface area contributed by atoms with Gasteiger partial charge in [-0.15, -0.1) is 11.3 Å². The third kappa shape index (κ3) is 2.86. The number of thiazole rings is 1. The minimum Gasteiger partial charge on any atom is -0.310 e. The van der Waals surface area contributed by atoms with Gasteiger partial charge in [-0.25, -0.2) is 4.98 Å². The highest BCUT2D eigenvalue weighted by Crippen LogP contribution is 2.33. The minimum atomic E-state index is -0.344. The molecule has 7 heteroatoms. The Bertz CT molecular complexity index is 798. The van der Waals surface area contributed by atoms with Crippen molar-refractivity contribution < 1.29 is 9.59 Å².